The van der Waals surface area contributed by atoms with Gasteiger partial charge in [0.25, 0.3) is 0 Å². The largest absolute Gasteiger partial charge is 0.314 e. The average Bonchev–Trinajstić information content (AvgIpc) is 3.16. The van der Waals surface area contributed by atoms with Crippen LogP contribution in [-0.2, 0) is 0 Å². The molecule has 3 aliphatic rings. The quantitative estimate of drug-likeness (QED) is 0.794. The molecule has 19 heavy (non-hydrogen) atoms. The second-order valence-corrected chi connectivity index (χ2v) is 6.86. The van der Waals surface area contributed by atoms with Crippen molar-refractivity contribution in [2.24, 2.45) is 11.8 Å². The first-order valence-corrected chi connectivity index (χ1v) is 8.56. The summed E-state index contributed by atoms with van der Waals surface area (Å²) in [5, 5.41) is 7.65. The minimum atomic E-state index is 0.797. The van der Waals surface area contributed by atoms with E-state index in [1.165, 1.54) is 71.2 Å². The lowest BCUT2D eigenvalue weighted by Gasteiger charge is -2.27. The maximum Gasteiger partial charge on any atom is 0.0111 e. The standard InChI is InChI=1S/C16H31N3/c1-2-19-10-8-13(12-19)11-18-16-6-3-5-14(16)15-7-4-9-17-15/h13-18H,2-12H2,1H3. The highest BCUT2D eigenvalue weighted by Crippen LogP contribution is 2.32. The molecule has 1 aliphatic carbocycles. The number of nitrogens with one attached hydrogen (secondary N) is 2. The van der Waals surface area contributed by atoms with Crippen molar-refractivity contribution < 1.29 is 0 Å². The number of rotatable bonds is 5. The van der Waals surface area contributed by atoms with Gasteiger partial charge in [0, 0.05) is 18.6 Å². The zero-order chi connectivity index (χ0) is 13.1. The van der Waals surface area contributed by atoms with Crippen LogP contribution in [0.5, 0.6) is 0 Å². The highest BCUT2D eigenvalue weighted by Gasteiger charge is 2.35. The molecule has 0 amide bonds. The third-order valence-corrected chi connectivity index (χ3v) is 5.67. The van der Waals surface area contributed by atoms with E-state index in [1.807, 2.05) is 0 Å². The third-order valence-electron chi connectivity index (χ3n) is 5.67. The van der Waals surface area contributed by atoms with Gasteiger partial charge in [-0.1, -0.05) is 13.3 Å². The SMILES string of the molecule is CCN1CCC(CNC2CCCC2C2CCCN2)C1. The van der Waals surface area contributed by atoms with Gasteiger partial charge < -0.3 is 15.5 Å². The summed E-state index contributed by atoms with van der Waals surface area (Å²) in [5.41, 5.74) is 0. The summed E-state index contributed by atoms with van der Waals surface area (Å²) in [7, 11) is 0. The van der Waals surface area contributed by atoms with E-state index in [9.17, 15) is 0 Å². The topological polar surface area (TPSA) is 27.3 Å². The fourth-order valence-corrected chi connectivity index (χ4v) is 4.49. The molecule has 0 aromatic rings. The molecule has 1 saturated carbocycles. The van der Waals surface area contributed by atoms with Crippen LogP contribution in [-0.4, -0.2) is 49.7 Å². The predicted molar refractivity (Wildman–Crippen MR) is 80.4 cm³/mol. The molecule has 3 nitrogen and oxygen atoms in total. The van der Waals surface area contributed by atoms with Gasteiger partial charge in [-0.15, -0.1) is 0 Å². The van der Waals surface area contributed by atoms with Crippen molar-refractivity contribution >= 4 is 0 Å². The van der Waals surface area contributed by atoms with E-state index in [1.54, 1.807) is 0 Å². The van der Waals surface area contributed by atoms with Crippen LogP contribution in [0.2, 0.25) is 0 Å². The van der Waals surface area contributed by atoms with E-state index >= 15 is 0 Å². The molecule has 110 valence electrons. The molecule has 0 spiro atoms. The van der Waals surface area contributed by atoms with Gasteiger partial charge in [0.05, 0.1) is 0 Å². The Morgan fingerprint density at radius 2 is 2.11 bits per heavy atom. The normalized spacial score (nSPS) is 40.3. The van der Waals surface area contributed by atoms with Crippen LogP contribution in [0.3, 0.4) is 0 Å². The molecule has 4 unspecified atom stereocenters. The zero-order valence-corrected chi connectivity index (χ0v) is 12.5. The molecular weight excluding hydrogens is 234 g/mol. The van der Waals surface area contributed by atoms with Gasteiger partial charge in [-0.3, -0.25) is 0 Å². The van der Waals surface area contributed by atoms with Crippen molar-refractivity contribution in [3.63, 3.8) is 0 Å². The van der Waals surface area contributed by atoms with Crippen LogP contribution in [0.15, 0.2) is 0 Å². The van der Waals surface area contributed by atoms with E-state index in [4.69, 9.17) is 0 Å². The highest BCUT2D eigenvalue weighted by molar-refractivity contribution is 4.93. The Kier molecular flexibility index (Phi) is 4.78. The molecule has 2 aliphatic heterocycles. The van der Waals surface area contributed by atoms with Crippen LogP contribution >= 0.6 is 0 Å². The van der Waals surface area contributed by atoms with E-state index < -0.39 is 0 Å². The first kappa shape index (κ1) is 13.8. The second-order valence-electron chi connectivity index (χ2n) is 6.86. The van der Waals surface area contributed by atoms with Gasteiger partial charge in [-0.05, 0) is 70.1 Å². The molecule has 3 fully saturated rings. The zero-order valence-electron chi connectivity index (χ0n) is 12.5. The molecule has 0 aromatic heterocycles. The molecular formula is C16H31N3. The molecule has 0 aromatic carbocycles. The van der Waals surface area contributed by atoms with E-state index in [2.05, 4.69) is 22.5 Å². The minimum absolute atomic E-state index is 0.797. The minimum Gasteiger partial charge on any atom is -0.314 e. The molecule has 0 radical (unpaired) electrons. The van der Waals surface area contributed by atoms with Crippen molar-refractivity contribution in [1.29, 1.82) is 0 Å². The van der Waals surface area contributed by atoms with Crippen molar-refractivity contribution in [3.05, 3.63) is 0 Å². The fourth-order valence-electron chi connectivity index (χ4n) is 4.49. The van der Waals surface area contributed by atoms with Crippen LogP contribution in [0.1, 0.15) is 45.4 Å². The number of nitrogens with zero attached hydrogens (tertiary/aromatic N) is 1. The lowest BCUT2D eigenvalue weighted by atomic mass is 9.92. The summed E-state index contributed by atoms with van der Waals surface area (Å²) in [4.78, 5) is 2.59. The summed E-state index contributed by atoms with van der Waals surface area (Å²) >= 11 is 0. The molecule has 3 rings (SSSR count). The highest BCUT2D eigenvalue weighted by atomic mass is 15.1. The van der Waals surface area contributed by atoms with Crippen LogP contribution in [0, 0.1) is 11.8 Å². The first-order valence-electron chi connectivity index (χ1n) is 8.56. The Labute approximate surface area is 118 Å². The molecule has 2 N–H and O–H groups in total. The predicted octanol–water partition coefficient (Wildman–Crippen LogP) is 1.84. The molecule has 2 heterocycles. The monoisotopic (exact) mass is 265 g/mol. The van der Waals surface area contributed by atoms with Crippen LogP contribution < -0.4 is 10.6 Å². The van der Waals surface area contributed by atoms with Gasteiger partial charge in [-0.2, -0.15) is 0 Å². The Bertz CT molecular complexity index is 275. The summed E-state index contributed by atoms with van der Waals surface area (Å²) in [6, 6.07) is 1.61. The molecule has 3 heteroatoms. The number of hydrogen-bond donors (Lipinski definition) is 2. The summed E-state index contributed by atoms with van der Waals surface area (Å²) in [6.07, 6.45) is 8.50. The Morgan fingerprint density at radius 3 is 2.84 bits per heavy atom. The van der Waals surface area contributed by atoms with Crippen molar-refractivity contribution in [2.45, 2.75) is 57.5 Å². The smallest absolute Gasteiger partial charge is 0.0111 e. The van der Waals surface area contributed by atoms with Gasteiger partial charge in [0.1, 0.15) is 0 Å². The number of hydrogen-bond acceptors (Lipinski definition) is 3. The maximum absolute atomic E-state index is 3.93. The van der Waals surface area contributed by atoms with E-state index in [-0.39, 0.29) is 0 Å². The van der Waals surface area contributed by atoms with Gasteiger partial charge >= 0.3 is 0 Å². The summed E-state index contributed by atoms with van der Waals surface area (Å²) < 4.78 is 0. The van der Waals surface area contributed by atoms with Crippen LogP contribution in [0.25, 0.3) is 0 Å². The second kappa shape index (κ2) is 6.55. The molecule has 0 bridgehead atoms. The lowest BCUT2D eigenvalue weighted by Crippen LogP contribution is -2.43. The van der Waals surface area contributed by atoms with Gasteiger partial charge in [0.2, 0.25) is 0 Å². The van der Waals surface area contributed by atoms with Crippen molar-refractivity contribution in [2.75, 3.05) is 32.7 Å². The van der Waals surface area contributed by atoms with Gasteiger partial charge in [-0.25, -0.2) is 0 Å². The Balaban J connectivity index is 1.44. The summed E-state index contributed by atoms with van der Waals surface area (Å²) in [5.74, 6) is 1.81. The lowest BCUT2D eigenvalue weighted by molar-refractivity contribution is 0.298. The molecule has 4 atom stereocenters. The molecule has 2 saturated heterocycles. The Morgan fingerprint density at radius 1 is 1.16 bits per heavy atom. The fraction of sp³-hybridized carbons (Fsp3) is 1.00. The first-order chi connectivity index (χ1) is 9.36. The summed E-state index contributed by atoms with van der Waals surface area (Å²) in [6.45, 7) is 8.67. The van der Waals surface area contributed by atoms with Gasteiger partial charge in [0.15, 0.2) is 0 Å². The Hall–Kier alpha value is -0.120. The van der Waals surface area contributed by atoms with Crippen LogP contribution in [0.4, 0.5) is 0 Å². The van der Waals surface area contributed by atoms with E-state index in [0.29, 0.717) is 0 Å². The average molecular weight is 265 g/mol. The van der Waals surface area contributed by atoms with Crippen molar-refractivity contribution in [3.8, 4) is 0 Å². The third kappa shape index (κ3) is 3.32. The number of likely N-dealkylation sites (tertiary alicyclic amines) is 1. The van der Waals surface area contributed by atoms with E-state index in [0.717, 1.165) is 23.9 Å². The van der Waals surface area contributed by atoms with Crippen molar-refractivity contribution in [1.82, 2.24) is 15.5 Å². The maximum atomic E-state index is 3.93.